The predicted molar refractivity (Wildman–Crippen MR) is 168 cm³/mol. The van der Waals surface area contributed by atoms with Gasteiger partial charge >= 0.3 is 0 Å². The number of halogens is 3. The van der Waals surface area contributed by atoms with Crippen molar-refractivity contribution in [3.05, 3.63) is 101 Å². The summed E-state index contributed by atoms with van der Waals surface area (Å²) in [4.78, 5) is 8.66. The lowest BCUT2D eigenvalue weighted by molar-refractivity contribution is 0.0296. The third-order valence-corrected chi connectivity index (χ3v) is 9.49. The molecule has 0 amide bonds. The molecule has 1 unspecified atom stereocenters. The van der Waals surface area contributed by atoms with Gasteiger partial charge in [0.25, 0.3) is 0 Å². The summed E-state index contributed by atoms with van der Waals surface area (Å²) in [6, 6.07) is 14.4. The minimum Gasteiger partial charge on any atom is -0.490 e. The molecule has 8 nitrogen and oxygen atoms in total. The van der Waals surface area contributed by atoms with Crippen molar-refractivity contribution in [3.8, 4) is 5.75 Å². The SMILES string of the molecule is CCCS(=O)(=O)CCNCCC1(c2cc3c(Nc4ccc(OCc5cccc(F)c5)c(Cl)c4)ncnc3cc2F)CC=CO1. The minimum atomic E-state index is -3.10. The van der Waals surface area contributed by atoms with Crippen LogP contribution in [-0.4, -0.2) is 43.0 Å². The molecule has 1 aliphatic heterocycles. The van der Waals surface area contributed by atoms with E-state index in [1.54, 1.807) is 42.7 Å². The molecule has 2 heterocycles. The number of aromatic nitrogens is 2. The summed E-state index contributed by atoms with van der Waals surface area (Å²) in [6.45, 7) is 2.73. The van der Waals surface area contributed by atoms with Crippen molar-refractivity contribution in [2.24, 2.45) is 0 Å². The molecule has 4 aromatic rings. The average Bonchev–Trinajstić information content (AvgIpc) is 3.46. The first-order chi connectivity index (χ1) is 21.2. The number of fused-ring (bicyclic) bond motifs is 1. The van der Waals surface area contributed by atoms with Crippen molar-refractivity contribution < 1.29 is 26.7 Å². The summed E-state index contributed by atoms with van der Waals surface area (Å²) in [7, 11) is -3.10. The number of hydrogen-bond acceptors (Lipinski definition) is 8. The monoisotopic (exact) mass is 642 g/mol. The van der Waals surface area contributed by atoms with Crippen LogP contribution in [0.15, 0.2) is 73.3 Å². The average molecular weight is 643 g/mol. The smallest absolute Gasteiger partial charge is 0.151 e. The van der Waals surface area contributed by atoms with Crippen LogP contribution in [0.25, 0.3) is 10.9 Å². The maximum atomic E-state index is 15.6. The van der Waals surface area contributed by atoms with Crippen molar-refractivity contribution >= 4 is 43.8 Å². The normalized spacial score (nSPS) is 16.3. The van der Waals surface area contributed by atoms with Gasteiger partial charge in [0.15, 0.2) is 9.84 Å². The van der Waals surface area contributed by atoms with Crippen LogP contribution in [0.5, 0.6) is 5.75 Å². The first kappa shape index (κ1) is 31.6. The molecular weight excluding hydrogens is 610 g/mol. The van der Waals surface area contributed by atoms with Gasteiger partial charge in [-0.3, -0.25) is 0 Å². The Morgan fingerprint density at radius 1 is 1.07 bits per heavy atom. The second-order valence-corrected chi connectivity index (χ2v) is 13.3. The molecule has 0 radical (unpaired) electrons. The number of ether oxygens (including phenoxy) is 2. The van der Waals surface area contributed by atoms with Crippen LogP contribution in [0.1, 0.15) is 37.3 Å². The zero-order valence-corrected chi connectivity index (χ0v) is 25.7. The highest BCUT2D eigenvalue weighted by Gasteiger charge is 2.38. The van der Waals surface area contributed by atoms with E-state index in [0.717, 1.165) is 0 Å². The predicted octanol–water partition coefficient (Wildman–Crippen LogP) is 6.82. The molecule has 0 spiro atoms. The Balaban J connectivity index is 1.32. The van der Waals surface area contributed by atoms with E-state index in [0.29, 0.717) is 76.7 Å². The fourth-order valence-electron chi connectivity index (χ4n) is 5.14. The maximum absolute atomic E-state index is 15.6. The molecule has 1 aliphatic rings. The van der Waals surface area contributed by atoms with Crippen LogP contribution in [0.4, 0.5) is 20.3 Å². The summed E-state index contributed by atoms with van der Waals surface area (Å²) in [5.74, 6) is 0.287. The lowest BCUT2D eigenvalue weighted by Gasteiger charge is -2.30. The van der Waals surface area contributed by atoms with Gasteiger partial charge in [-0.2, -0.15) is 0 Å². The quantitative estimate of drug-likeness (QED) is 0.145. The molecule has 44 heavy (non-hydrogen) atoms. The molecule has 0 fully saturated rings. The van der Waals surface area contributed by atoms with E-state index in [4.69, 9.17) is 21.1 Å². The Morgan fingerprint density at radius 2 is 1.93 bits per heavy atom. The van der Waals surface area contributed by atoms with Crippen molar-refractivity contribution in [1.82, 2.24) is 15.3 Å². The summed E-state index contributed by atoms with van der Waals surface area (Å²) in [5, 5.41) is 7.33. The molecule has 232 valence electrons. The number of anilines is 2. The third kappa shape index (κ3) is 7.64. The van der Waals surface area contributed by atoms with Crippen LogP contribution in [-0.2, 0) is 26.8 Å². The van der Waals surface area contributed by atoms with Gasteiger partial charge in [0.1, 0.15) is 41.7 Å². The number of nitrogens with zero attached hydrogens (tertiary/aromatic N) is 2. The van der Waals surface area contributed by atoms with Crippen LogP contribution < -0.4 is 15.4 Å². The Kier molecular flexibility index (Phi) is 9.97. The van der Waals surface area contributed by atoms with E-state index in [-0.39, 0.29) is 23.9 Å². The second kappa shape index (κ2) is 13.9. The van der Waals surface area contributed by atoms with Crippen molar-refractivity contribution in [1.29, 1.82) is 0 Å². The van der Waals surface area contributed by atoms with Gasteiger partial charge in [-0.1, -0.05) is 30.7 Å². The minimum absolute atomic E-state index is 0.0494. The lowest BCUT2D eigenvalue weighted by atomic mass is 9.86. The van der Waals surface area contributed by atoms with Crippen molar-refractivity contribution in [3.63, 3.8) is 0 Å². The van der Waals surface area contributed by atoms with E-state index < -0.39 is 21.3 Å². The van der Waals surface area contributed by atoms with Gasteiger partial charge < -0.3 is 20.1 Å². The summed E-state index contributed by atoms with van der Waals surface area (Å²) < 4.78 is 64.9. The number of benzene rings is 3. The van der Waals surface area contributed by atoms with Crippen LogP contribution >= 0.6 is 11.6 Å². The highest BCUT2D eigenvalue weighted by molar-refractivity contribution is 7.91. The van der Waals surface area contributed by atoms with Crippen LogP contribution in [0.3, 0.4) is 0 Å². The third-order valence-electron chi connectivity index (χ3n) is 7.34. The molecule has 12 heteroatoms. The van der Waals surface area contributed by atoms with Crippen LogP contribution in [0.2, 0.25) is 5.02 Å². The topological polar surface area (TPSA) is 102 Å². The van der Waals surface area contributed by atoms with E-state index in [1.807, 2.05) is 13.0 Å². The Morgan fingerprint density at radius 3 is 2.68 bits per heavy atom. The first-order valence-corrected chi connectivity index (χ1v) is 16.5. The van der Waals surface area contributed by atoms with Crippen molar-refractivity contribution in [2.45, 2.75) is 38.4 Å². The van der Waals surface area contributed by atoms with Crippen LogP contribution in [0, 0.1) is 11.6 Å². The molecule has 1 aromatic heterocycles. The molecule has 0 aliphatic carbocycles. The fourth-order valence-corrected chi connectivity index (χ4v) is 6.65. The molecule has 1 atom stereocenters. The summed E-state index contributed by atoms with van der Waals surface area (Å²) >= 11 is 6.49. The second-order valence-electron chi connectivity index (χ2n) is 10.6. The number of hydrogen-bond donors (Lipinski definition) is 2. The zero-order chi connectivity index (χ0) is 31.2. The maximum Gasteiger partial charge on any atom is 0.151 e. The van der Waals surface area contributed by atoms with E-state index in [9.17, 15) is 12.8 Å². The Labute approximate surface area is 260 Å². The first-order valence-electron chi connectivity index (χ1n) is 14.3. The molecule has 0 saturated heterocycles. The molecular formula is C32H33ClF2N4O4S. The highest BCUT2D eigenvalue weighted by Crippen LogP contribution is 2.41. The van der Waals surface area contributed by atoms with Gasteiger partial charge in [0.2, 0.25) is 0 Å². The molecule has 0 bridgehead atoms. The molecule has 0 saturated carbocycles. The largest absolute Gasteiger partial charge is 0.490 e. The van der Waals surface area contributed by atoms with Gasteiger partial charge in [-0.15, -0.1) is 0 Å². The zero-order valence-electron chi connectivity index (χ0n) is 24.2. The Bertz CT molecular complexity index is 1760. The summed E-state index contributed by atoms with van der Waals surface area (Å²) in [5.41, 5.74) is 1.09. The Hall–Kier alpha value is -3.80. The van der Waals surface area contributed by atoms with Gasteiger partial charge in [-0.25, -0.2) is 27.2 Å². The van der Waals surface area contributed by atoms with Gasteiger partial charge in [0.05, 0.1) is 22.6 Å². The van der Waals surface area contributed by atoms with Crippen molar-refractivity contribution in [2.75, 3.05) is 29.9 Å². The molecule has 5 rings (SSSR count). The fraction of sp³-hybridized carbons (Fsp3) is 0.312. The van der Waals surface area contributed by atoms with Gasteiger partial charge in [-0.05, 0) is 61.0 Å². The number of rotatable bonds is 14. The lowest BCUT2D eigenvalue weighted by Crippen LogP contribution is -2.33. The molecule has 3 aromatic carbocycles. The number of nitrogens with one attached hydrogen (secondary N) is 2. The standard InChI is InChI=1S/C32H33ClF2N4O4S/c1-2-14-44(40,41)15-12-36-11-10-32(9-4-13-43-32)26-18-25-29(19-28(26)35)37-21-38-31(25)39-24-7-8-30(27(33)17-24)42-20-22-5-3-6-23(34)16-22/h3-8,13,16-19,21,36H,2,9-12,14-15,20H2,1H3,(H,37,38,39). The summed E-state index contributed by atoms with van der Waals surface area (Å²) in [6.07, 6.45) is 6.21. The van der Waals surface area contributed by atoms with E-state index in [2.05, 4.69) is 20.6 Å². The van der Waals surface area contributed by atoms with E-state index >= 15 is 4.39 Å². The van der Waals surface area contributed by atoms with Gasteiger partial charge in [0, 0.05) is 47.8 Å². The highest BCUT2D eigenvalue weighted by atomic mass is 35.5. The molecule has 2 N–H and O–H groups in total. The number of sulfone groups is 1. The van der Waals surface area contributed by atoms with E-state index in [1.165, 1.54) is 24.5 Å².